The zero-order valence-corrected chi connectivity index (χ0v) is 12.0. The lowest BCUT2D eigenvalue weighted by atomic mass is 10.3. The molecule has 0 aliphatic carbocycles. The van der Waals surface area contributed by atoms with E-state index in [-0.39, 0.29) is 5.11 Å². The number of hydrogen-bond acceptors (Lipinski definition) is 4. The second kappa shape index (κ2) is 7.20. The van der Waals surface area contributed by atoms with Crippen molar-refractivity contribution in [3.63, 3.8) is 0 Å². The summed E-state index contributed by atoms with van der Waals surface area (Å²) in [6, 6.07) is 10.4. The standard InChI is InChI=1S/C14H12N4O2S/c1-20-12-6-2-5-11(8-12)16-14(21)18-17-13(19)10-4-3-7-15-9-10/h2-9H,1H3,(H,16,21). The number of hydrogen-bond donors (Lipinski definition) is 1. The number of carbonyl (C=O) groups is 1. The summed E-state index contributed by atoms with van der Waals surface area (Å²) >= 11 is 5.00. The Hall–Kier alpha value is -2.67. The molecule has 0 bridgehead atoms. The van der Waals surface area contributed by atoms with Gasteiger partial charge in [0.2, 0.25) is 5.11 Å². The SMILES string of the molecule is COc1cccc(NC(=S)N=NC(=O)c2cccnc2)c1. The number of aromatic nitrogens is 1. The molecule has 1 heterocycles. The van der Waals surface area contributed by atoms with Crippen LogP contribution in [0, 0.1) is 0 Å². The van der Waals surface area contributed by atoms with Gasteiger partial charge in [-0.1, -0.05) is 6.07 Å². The van der Waals surface area contributed by atoms with Crippen molar-refractivity contribution in [2.24, 2.45) is 10.2 Å². The zero-order valence-electron chi connectivity index (χ0n) is 11.2. The van der Waals surface area contributed by atoms with Crippen LogP contribution in [-0.2, 0) is 0 Å². The summed E-state index contributed by atoms with van der Waals surface area (Å²) in [7, 11) is 1.57. The summed E-state index contributed by atoms with van der Waals surface area (Å²) in [6.45, 7) is 0. The Morgan fingerprint density at radius 3 is 2.86 bits per heavy atom. The average molecular weight is 300 g/mol. The molecule has 0 saturated heterocycles. The molecule has 1 amide bonds. The van der Waals surface area contributed by atoms with Gasteiger partial charge in [0.05, 0.1) is 12.7 Å². The van der Waals surface area contributed by atoms with E-state index in [1.165, 1.54) is 6.20 Å². The second-order valence-corrected chi connectivity index (χ2v) is 4.30. The van der Waals surface area contributed by atoms with Crippen LogP contribution in [-0.4, -0.2) is 23.1 Å². The maximum Gasteiger partial charge on any atom is 0.297 e. The predicted molar refractivity (Wildman–Crippen MR) is 82.6 cm³/mol. The van der Waals surface area contributed by atoms with E-state index in [4.69, 9.17) is 17.0 Å². The van der Waals surface area contributed by atoms with Gasteiger partial charge in [0.1, 0.15) is 5.75 Å². The first kappa shape index (κ1) is 14.7. The molecule has 0 unspecified atom stereocenters. The molecule has 106 valence electrons. The fraction of sp³-hybridized carbons (Fsp3) is 0.0714. The number of anilines is 1. The van der Waals surface area contributed by atoms with Gasteiger partial charge in [-0.15, -0.1) is 10.2 Å². The van der Waals surface area contributed by atoms with Crippen LogP contribution in [0.1, 0.15) is 10.4 Å². The van der Waals surface area contributed by atoms with Crippen molar-refractivity contribution in [1.82, 2.24) is 4.98 Å². The highest BCUT2D eigenvalue weighted by Crippen LogP contribution is 2.16. The number of azo groups is 1. The minimum Gasteiger partial charge on any atom is -0.497 e. The molecule has 0 atom stereocenters. The van der Waals surface area contributed by atoms with Crippen LogP contribution in [0.3, 0.4) is 0 Å². The Morgan fingerprint density at radius 1 is 1.29 bits per heavy atom. The van der Waals surface area contributed by atoms with Gasteiger partial charge in [-0.2, -0.15) is 0 Å². The van der Waals surface area contributed by atoms with Crippen LogP contribution in [0.15, 0.2) is 59.0 Å². The van der Waals surface area contributed by atoms with E-state index < -0.39 is 5.91 Å². The van der Waals surface area contributed by atoms with Crippen molar-refractivity contribution in [2.75, 3.05) is 12.4 Å². The molecule has 1 N–H and O–H groups in total. The van der Waals surface area contributed by atoms with Gasteiger partial charge in [-0.3, -0.25) is 9.78 Å². The number of nitrogens with one attached hydrogen (secondary N) is 1. The molecule has 0 fully saturated rings. The smallest absolute Gasteiger partial charge is 0.297 e. The summed E-state index contributed by atoms with van der Waals surface area (Å²) < 4.78 is 5.09. The molecule has 0 aliphatic rings. The van der Waals surface area contributed by atoms with E-state index >= 15 is 0 Å². The lowest BCUT2D eigenvalue weighted by Gasteiger charge is -2.05. The molecule has 1 aromatic heterocycles. The van der Waals surface area contributed by atoms with E-state index in [2.05, 4.69) is 20.5 Å². The first-order chi connectivity index (χ1) is 10.2. The summed E-state index contributed by atoms with van der Waals surface area (Å²) in [5.41, 5.74) is 1.05. The van der Waals surface area contributed by atoms with Gasteiger partial charge in [-0.25, -0.2) is 0 Å². The maximum absolute atomic E-state index is 11.7. The minimum absolute atomic E-state index is 0.0838. The van der Waals surface area contributed by atoms with Crippen molar-refractivity contribution in [3.05, 3.63) is 54.4 Å². The average Bonchev–Trinajstić information content (AvgIpc) is 2.53. The molecule has 0 aliphatic heterocycles. The fourth-order valence-corrected chi connectivity index (χ4v) is 1.65. The van der Waals surface area contributed by atoms with Crippen molar-refractivity contribution in [1.29, 1.82) is 0 Å². The molecule has 7 heteroatoms. The predicted octanol–water partition coefficient (Wildman–Crippen LogP) is 3.08. The van der Waals surface area contributed by atoms with Crippen LogP contribution in [0.2, 0.25) is 0 Å². The first-order valence-electron chi connectivity index (χ1n) is 6.00. The highest BCUT2D eigenvalue weighted by Gasteiger charge is 2.04. The van der Waals surface area contributed by atoms with E-state index in [0.717, 1.165) is 0 Å². The van der Waals surface area contributed by atoms with Crippen LogP contribution < -0.4 is 10.1 Å². The van der Waals surface area contributed by atoms with Crippen LogP contribution in [0.4, 0.5) is 5.69 Å². The lowest BCUT2D eigenvalue weighted by molar-refractivity contribution is 0.0995. The summed E-state index contributed by atoms with van der Waals surface area (Å²) in [5, 5.41) is 10.2. The topological polar surface area (TPSA) is 75.9 Å². The minimum atomic E-state index is -0.502. The van der Waals surface area contributed by atoms with Gasteiger partial charge < -0.3 is 10.1 Å². The van der Waals surface area contributed by atoms with Crippen molar-refractivity contribution >= 4 is 28.9 Å². The van der Waals surface area contributed by atoms with E-state index in [1.54, 1.807) is 37.6 Å². The molecule has 0 spiro atoms. The number of amides is 1. The third-order valence-electron chi connectivity index (χ3n) is 2.46. The summed E-state index contributed by atoms with van der Waals surface area (Å²) in [5.74, 6) is 0.184. The quantitative estimate of drug-likeness (QED) is 0.696. The van der Waals surface area contributed by atoms with E-state index in [1.807, 2.05) is 12.1 Å². The Balaban J connectivity index is 1.98. The molecular weight excluding hydrogens is 288 g/mol. The molecule has 0 radical (unpaired) electrons. The monoisotopic (exact) mass is 300 g/mol. The molecule has 2 aromatic rings. The largest absolute Gasteiger partial charge is 0.497 e. The number of pyridine rings is 1. The molecule has 6 nitrogen and oxygen atoms in total. The number of nitrogens with zero attached hydrogens (tertiary/aromatic N) is 3. The van der Waals surface area contributed by atoms with Crippen LogP contribution >= 0.6 is 12.2 Å². The molecule has 21 heavy (non-hydrogen) atoms. The summed E-state index contributed by atoms with van der Waals surface area (Å²) in [4.78, 5) is 15.5. The molecule has 0 saturated carbocycles. The van der Waals surface area contributed by atoms with E-state index in [9.17, 15) is 4.79 Å². The molecule has 2 rings (SSSR count). The normalized spacial score (nSPS) is 10.3. The third-order valence-corrected chi connectivity index (χ3v) is 2.64. The third kappa shape index (κ3) is 4.43. The van der Waals surface area contributed by atoms with Crippen molar-refractivity contribution in [2.45, 2.75) is 0 Å². The van der Waals surface area contributed by atoms with Crippen LogP contribution in [0.25, 0.3) is 0 Å². The van der Waals surface area contributed by atoms with E-state index in [0.29, 0.717) is 17.0 Å². The van der Waals surface area contributed by atoms with Crippen molar-refractivity contribution in [3.8, 4) is 5.75 Å². The molecule has 1 aromatic carbocycles. The van der Waals surface area contributed by atoms with Crippen molar-refractivity contribution < 1.29 is 9.53 Å². The Morgan fingerprint density at radius 2 is 2.14 bits per heavy atom. The number of carbonyl (C=O) groups excluding carboxylic acids is 1. The number of benzene rings is 1. The summed E-state index contributed by atoms with van der Waals surface area (Å²) in [6.07, 6.45) is 2.99. The van der Waals surface area contributed by atoms with Gasteiger partial charge >= 0.3 is 0 Å². The van der Waals surface area contributed by atoms with Gasteiger partial charge in [0.25, 0.3) is 5.91 Å². The van der Waals surface area contributed by atoms with Crippen LogP contribution in [0.5, 0.6) is 5.75 Å². The van der Waals surface area contributed by atoms with Gasteiger partial charge in [-0.05, 0) is 36.5 Å². The Kier molecular flexibility index (Phi) is 5.05. The first-order valence-corrected chi connectivity index (χ1v) is 6.41. The molecular formula is C14H12N4O2S. The van der Waals surface area contributed by atoms with Gasteiger partial charge in [0, 0.05) is 24.1 Å². The highest BCUT2D eigenvalue weighted by molar-refractivity contribution is 7.80. The highest BCUT2D eigenvalue weighted by atomic mass is 32.1. The second-order valence-electron chi connectivity index (χ2n) is 3.91. The fourth-order valence-electron chi connectivity index (χ4n) is 1.49. The van der Waals surface area contributed by atoms with Gasteiger partial charge in [0.15, 0.2) is 0 Å². The maximum atomic E-state index is 11.7. The lowest BCUT2D eigenvalue weighted by Crippen LogP contribution is -2.06. The Bertz CT molecular complexity index is 674. The number of thiocarbonyl (C=S) groups is 1. The number of rotatable bonds is 3. The number of methoxy groups -OCH3 is 1. The Labute approximate surface area is 126 Å². The zero-order chi connectivity index (χ0) is 15.1. The number of ether oxygens (including phenoxy) is 1.